The van der Waals surface area contributed by atoms with Gasteiger partial charge in [-0.05, 0) is 45.0 Å². The monoisotopic (exact) mass is 340 g/mol. The second-order valence-electron chi connectivity index (χ2n) is 5.11. The lowest BCUT2D eigenvalue weighted by Gasteiger charge is -2.04. The van der Waals surface area contributed by atoms with E-state index in [1.807, 2.05) is 20.9 Å². The van der Waals surface area contributed by atoms with Crippen LogP contribution < -0.4 is 10.0 Å². The highest BCUT2D eigenvalue weighted by atomic mass is 32.2. The molecule has 23 heavy (non-hydrogen) atoms. The second-order valence-corrected chi connectivity index (χ2v) is 6.92. The number of nitrogens with zero attached hydrogens (tertiary/aromatic N) is 2. The summed E-state index contributed by atoms with van der Waals surface area (Å²) in [7, 11) is -0.545. The Bertz CT molecular complexity index is 820. The van der Waals surface area contributed by atoms with Gasteiger partial charge in [0.05, 0.1) is 5.69 Å². The molecule has 0 spiro atoms. The van der Waals surface area contributed by atoms with Gasteiger partial charge < -0.3 is 9.73 Å². The number of nitrogens with one attached hydrogen (secondary N) is 2. The quantitative estimate of drug-likeness (QED) is 0.797. The van der Waals surface area contributed by atoms with E-state index in [9.17, 15) is 13.2 Å². The Morgan fingerprint density at radius 2 is 2.04 bits per heavy atom. The van der Waals surface area contributed by atoms with Crippen molar-refractivity contribution in [3.8, 4) is 0 Å². The van der Waals surface area contributed by atoms with Crippen LogP contribution in [0.4, 0.5) is 0 Å². The van der Waals surface area contributed by atoms with Gasteiger partial charge in [-0.15, -0.1) is 0 Å². The molecule has 0 aliphatic heterocycles. The molecule has 0 aliphatic rings. The van der Waals surface area contributed by atoms with Crippen molar-refractivity contribution in [1.82, 2.24) is 19.8 Å². The van der Waals surface area contributed by atoms with Gasteiger partial charge in [-0.2, -0.15) is 5.10 Å². The number of aromatic nitrogens is 2. The first-order valence-electron chi connectivity index (χ1n) is 7.07. The predicted octanol–water partition coefficient (Wildman–Crippen LogP) is 0.511. The average molecular weight is 340 g/mol. The van der Waals surface area contributed by atoms with E-state index >= 15 is 0 Å². The molecule has 9 heteroatoms. The maximum absolute atomic E-state index is 12.0. The average Bonchev–Trinajstić information content (AvgIpc) is 3.08. The highest BCUT2D eigenvalue weighted by Crippen LogP contribution is 2.14. The van der Waals surface area contributed by atoms with Crippen LogP contribution in [0.1, 0.15) is 27.5 Å². The number of hydrogen-bond donors (Lipinski definition) is 2. The van der Waals surface area contributed by atoms with Crippen molar-refractivity contribution in [2.24, 2.45) is 7.05 Å². The first-order chi connectivity index (χ1) is 10.8. The number of amides is 1. The second kappa shape index (κ2) is 6.55. The number of furan rings is 1. The van der Waals surface area contributed by atoms with Crippen LogP contribution in [0.3, 0.4) is 0 Å². The number of sulfonamides is 1. The molecule has 0 fully saturated rings. The molecule has 8 nitrogen and oxygen atoms in total. The standard InChI is InChI=1S/C14H20N4O4S/c1-9-11(10(2)18(4)17-9)7-8-16-14(19)12-5-6-13(22-12)23(20,21)15-3/h5-6,15H,7-8H2,1-4H3,(H,16,19). The van der Waals surface area contributed by atoms with Crippen LogP contribution in [0.2, 0.25) is 0 Å². The largest absolute Gasteiger partial charge is 0.438 e. The zero-order valence-corrected chi connectivity index (χ0v) is 14.3. The third kappa shape index (κ3) is 3.62. The Morgan fingerprint density at radius 1 is 1.35 bits per heavy atom. The molecule has 0 radical (unpaired) electrons. The number of hydrogen-bond acceptors (Lipinski definition) is 5. The summed E-state index contributed by atoms with van der Waals surface area (Å²) < 4.78 is 32.1. The molecule has 2 rings (SSSR count). The Kier molecular flexibility index (Phi) is 4.90. The number of carbonyl (C=O) groups excluding carboxylic acids is 1. The van der Waals surface area contributed by atoms with E-state index in [0.29, 0.717) is 13.0 Å². The topological polar surface area (TPSA) is 106 Å². The van der Waals surface area contributed by atoms with E-state index in [1.54, 1.807) is 4.68 Å². The van der Waals surface area contributed by atoms with Crippen molar-refractivity contribution in [1.29, 1.82) is 0 Å². The fourth-order valence-electron chi connectivity index (χ4n) is 2.25. The Morgan fingerprint density at radius 3 is 2.61 bits per heavy atom. The zero-order valence-electron chi connectivity index (χ0n) is 13.5. The highest BCUT2D eigenvalue weighted by molar-refractivity contribution is 7.89. The van der Waals surface area contributed by atoms with Crippen molar-refractivity contribution in [2.75, 3.05) is 13.6 Å². The molecule has 0 aliphatic carbocycles. The Labute approximate surface area is 134 Å². The molecule has 2 heterocycles. The molecular weight excluding hydrogens is 320 g/mol. The van der Waals surface area contributed by atoms with Gasteiger partial charge in [0.2, 0.25) is 5.09 Å². The fourth-order valence-corrected chi connectivity index (χ4v) is 2.90. The first kappa shape index (κ1) is 17.2. The summed E-state index contributed by atoms with van der Waals surface area (Å²) in [5.41, 5.74) is 3.07. The molecular formula is C14H20N4O4S. The van der Waals surface area contributed by atoms with Crippen molar-refractivity contribution >= 4 is 15.9 Å². The van der Waals surface area contributed by atoms with Crippen LogP contribution in [0.5, 0.6) is 0 Å². The minimum Gasteiger partial charge on any atom is -0.438 e. The van der Waals surface area contributed by atoms with Gasteiger partial charge in [0.1, 0.15) is 0 Å². The van der Waals surface area contributed by atoms with E-state index in [-0.39, 0.29) is 10.9 Å². The smallest absolute Gasteiger partial charge is 0.287 e. The van der Waals surface area contributed by atoms with E-state index < -0.39 is 15.9 Å². The lowest BCUT2D eigenvalue weighted by Crippen LogP contribution is -2.25. The van der Waals surface area contributed by atoms with Crippen LogP contribution in [-0.2, 0) is 23.5 Å². The van der Waals surface area contributed by atoms with Crippen molar-refractivity contribution in [3.05, 3.63) is 34.8 Å². The summed E-state index contributed by atoms with van der Waals surface area (Å²) in [6.45, 7) is 4.30. The van der Waals surface area contributed by atoms with E-state index in [4.69, 9.17) is 4.42 Å². The van der Waals surface area contributed by atoms with Crippen LogP contribution in [0.25, 0.3) is 0 Å². The lowest BCUT2D eigenvalue weighted by atomic mass is 10.1. The van der Waals surface area contributed by atoms with Crippen molar-refractivity contribution in [2.45, 2.75) is 25.4 Å². The lowest BCUT2D eigenvalue weighted by molar-refractivity contribution is 0.0921. The van der Waals surface area contributed by atoms with E-state index in [0.717, 1.165) is 17.0 Å². The van der Waals surface area contributed by atoms with Crippen LogP contribution in [-0.4, -0.2) is 37.7 Å². The fraction of sp³-hybridized carbons (Fsp3) is 0.429. The molecule has 1 amide bonds. The third-order valence-electron chi connectivity index (χ3n) is 3.66. The predicted molar refractivity (Wildman–Crippen MR) is 83.7 cm³/mol. The van der Waals surface area contributed by atoms with E-state index in [2.05, 4.69) is 15.1 Å². The number of rotatable bonds is 6. The molecule has 2 aromatic heterocycles. The van der Waals surface area contributed by atoms with Crippen LogP contribution in [0.15, 0.2) is 21.6 Å². The molecule has 2 aromatic rings. The summed E-state index contributed by atoms with van der Waals surface area (Å²) in [4.78, 5) is 12.0. The van der Waals surface area contributed by atoms with Gasteiger partial charge in [0, 0.05) is 19.3 Å². The van der Waals surface area contributed by atoms with Gasteiger partial charge in [-0.3, -0.25) is 9.48 Å². The van der Waals surface area contributed by atoms with Gasteiger partial charge in [-0.1, -0.05) is 0 Å². The molecule has 126 valence electrons. The third-order valence-corrected chi connectivity index (χ3v) is 4.94. The minimum atomic E-state index is -3.69. The first-order valence-corrected chi connectivity index (χ1v) is 8.55. The van der Waals surface area contributed by atoms with Gasteiger partial charge >= 0.3 is 0 Å². The summed E-state index contributed by atoms with van der Waals surface area (Å²) >= 11 is 0. The normalized spacial score (nSPS) is 11.7. The summed E-state index contributed by atoms with van der Waals surface area (Å²) in [6.07, 6.45) is 0.639. The van der Waals surface area contributed by atoms with Crippen LogP contribution >= 0.6 is 0 Å². The van der Waals surface area contributed by atoms with Gasteiger partial charge in [0.15, 0.2) is 5.76 Å². The van der Waals surface area contributed by atoms with E-state index in [1.165, 1.54) is 19.2 Å². The molecule has 0 saturated carbocycles. The van der Waals surface area contributed by atoms with Crippen molar-refractivity contribution in [3.63, 3.8) is 0 Å². The van der Waals surface area contributed by atoms with Crippen molar-refractivity contribution < 1.29 is 17.6 Å². The maximum atomic E-state index is 12.0. The van der Waals surface area contributed by atoms with Gasteiger partial charge in [-0.25, -0.2) is 13.1 Å². The molecule has 2 N–H and O–H groups in total. The number of carbonyl (C=O) groups is 1. The van der Waals surface area contributed by atoms with Crippen LogP contribution in [0, 0.1) is 13.8 Å². The highest BCUT2D eigenvalue weighted by Gasteiger charge is 2.19. The number of aryl methyl sites for hydroxylation is 2. The summed E-state index contributed by atoms with van der Waals surface area (Å²) in [5.74, 6) is -0.500. The molecule has 0 saturated heterocycles. The Balaban J connectivity index is 1.98. The summed E-state index contributed by atoms with van der Waals surface area (Å²) in [5, 5.41) is 6.74. The zero-order chi connectivity index (χ0) is 17.2. The maximum Gasteiger partial charge on any atom is 0.287 e. The molecule has 0 bridgehead atoms. The SMILES string of the molecule is CNS(=O)(=O)c1ccc(C(=O)NCCc2c(C)nn(C)c2C)o1. The summed E-state index contributed by atoms with van der Waals surface area (Å²) in [6, 6.07) is 2.58. The molecule has 0 atom stereocenters. The van der Waals surface area contributed by atoms with Gasteiger partial charge in [0.25, 0.3) is 15.9 Å². The minimum absolute atomic E-state index is 0.0431. The molecule has 0 aromatic carbocycles. The Hall–Kier alpha value is -2.13. The molecule has 0 unspecified atom stereocenters.